The summed E-state index contributed by atoms with van der Waals surface area (Å²) < 4.78 is 1.72. The standard InChI is InChI=1S/C13H16ClN3S/c1-17-13(14)11(7-8-15)12(16-17)9-18-10-5-3-2-4-6-10/h2-6H,7-9,15H2,1H3. The molecule has 2 N–H and O–H groups in total. The van der Waals surface area contributed by atoms with Gasteiger partial charge in [-0.3, -0.25) is 4.68 Å². The number of thioether (sulfide) groups is 1. The molecule has 0 fully saturated rings. The predicted molar refractivity (Wildman–Crippen MR) is 77.0 cm³/mol. The molecule has 1 aromatic heterocycles. The Balaban J connectivity index is 2.11. The van der Waals surface area contributed by atoms with E-state index in [0.717, 1.165) is 23.4 Å². The molecule has 3 nitrogen and oxygen atoms in total. The zero-order valence-corrected chi connectivity index (χ0v) is 11.8. The van der Waals surface area contributed by atoms with Gasteiger partial charge in [-0.2, -0.15) is 5.10 Å². The lowest BCUT2D eigenvalue weighted by Crippen LogP contribution is -2.04. The molecule has 0 amide bonds. The van der Waals surface area contributed by atoms with Crippen LogP contribution in [0.25, 0.3) is 0 Å². The average Bonchev–Trinajstić information content (AvgIpc) is 2.66. The SMILES string of the molecule is Cn1nc(CSc2ccccc2)c(CCN)c1Cl. The fourth-order valence-electron chi connectivity index (χ4n) is 1.78. The first-order valence-corrected chi connectivity index (χ1v) is 7.17. The number of aromatic nitrogens is 2. The third kappa shape index (κ3) is 3.07. The van der Waals surface area contributed by atoms with Crippen molar-refractivity contribution in [2.75, 3.05) is 6.54 Å². The first-order valence-electron chi connectivity index (χ1n) is 5.80. The molecular formula is C13H16ClN3S. The van der Waals surface area contributed by atoms with E-state index in [1.54, 1.807) is 16.4 Å². The van der Waals surface area contributed by atoms with E-state index >= 15 is 0 Å². The van der Waals surface area contributed by atoms with Crippen molar-refractivity contribution < 1.29 is 0 Å². The van der Waals surface area contributed by atoms with Gasteiger partial charge in [0.2, 0.25) is 0 Å². The molecule has 0 atom stereocenters. The van der Waals surface area contributed by atoms with E-state index in [-0.39, 0.29) is 0 Å². The highest BCUT2D eigenvalue weighted by Crippen LogP contribution is 2.27. The van der Waals surface area contributed by atoms with Crippen LogP contribution in [0.4, 0.5) is 0 Å². The van der Waals surface area contributed by atoms with E-state index in [0.29, 0.717) is 11.7 Å². The molecule has 0 saturated heterocycles. The van der Waals surface area contributed by atoms with Gasteiger partial charge in [-0.05, 0) is 25.1 Å². The van der Waals surface area contributed by atoms with Crippen molar-refractivity contribution >= 4 is 23.4 Å². The number of nitrogens with zero attached hydrogens (tertiary/aromatic N) is 2. The van der Waals surface area contributed by atoms with E-state index in [2.05, 4.69) is 17.2 Å². The lowest BCUT2D eigenvalue weighted by molar-refractivity contribution is 0.755. The van der Waals surface area contributed by atoms with Crippen LogP contribution in [0.5, 0.6) is 0 Å². The Morgan fingerprint density at radius 3 is 2.72 bits per heavy atom. The van der Waals surface area contributed by atoms with Gasteiger partial charge in [0.05, 0.1) is 5.69 Å². The van der Waals surface area contributed by atoms with E-state index in [4.69, 9.17) is 17.3 Å². The Bertz CT molecular complexity index is 510. The van der Waals surface area contributed by atoms with Gasteiger partial charge < -0.3 is 5.73 Å². The van der Waals surface area contributed by atoms with Crippen LogP contribution in [-0.4, -0.2) is 16.3 Å². The summed E-state index contributed by atoms with van der Waals surface area (Å²) in [6, 6.07) is 10.3. The van der Waals surface area contributed by atoms with Gasteiger partial charge in [0.25, 0.3) is 0 Å². The quantitative estimate of drug-likeness (QED) is 0.857. The molecule has 1 heterocycles. The Labute approximate surface area is 116 Å². The van der Waals surface area contributed by atoms with Gasteiger partial charge in [-0.25, -0.2) is 0 Å². The van der Waals surface area contributed by atoms with Crippen LogP contribution in [0.3, 0.4) is 0 Å². The summed E-state index contributed by atoms with van der Waals surface area (Å²) in [4.78, 5) is 1.23. The van der Waals surface area contributed by atoms with Gasteiger partial charge >= 0.3 is 0 Å². The number of hydrogen-bond donors (Lipinski definition) is 1. The second-order valence-corrected chi connectivity index (χ2v) is 5.39. The number of rotatable bonds is 5. The van der Waals surface area contributed by atoms with Crippen LogP contribution >= 0.6 is 23.4 Å². The number of aryl methyl sites for hydroxylation is 1. The third-order valence-corrected chi connectivity index (χ3v) is 4.16. The van der Waals surface area contributed by atoms with Crippen LogP contribution in [-0.2, 0) is 19.2 Å². The summed E-state index contributed by atoms with van der Waals surface area (Å²) in [7, 11) is 1.86. The summed E-state index contributed by atoms with van der Waals surface area (Å²) >= 11 is 7.97. The lowest BCUT2D eigenvalue weighted by Gasteiger charge is -2.02. The molecule has 18 heavy (non-hydrogen) atoms. The number of benzene rings is 1. The normalized spacial score (nSPS) is 10.8. The Kier molecular flexibility index (Phi) is 4.69. The predicted octanol–water partition coefficient (Wildman–Crippen LogP) is 2.87. The highest BCUT2D eigenvalue weighted by atomic mass is 35.5. The van der Waals surface area contributed by atoms with E-state index in [1.807, 2.05) is 25.2 Å². The molecule has 0 aliphatic carbocycles. The maximum atomic E-state index is 6.21. The summed E-state index contributed by atoms with van der Waals surface area (Å²) in [5.41, 5.74) is 7.72. The largest absolute Gasteiger partial charge is 0.330 e. The molecule has 0 unspecified atom stereocenters. The van der Waals surface area contributed by atoms with Crippen LogP contribution in [0, 0.1) is 0 Å². The molecule has 0 radical (unpaired) electrons. The van der Waals surface area contributed by atoms with Crippen LogP contribution in [0.2, 0.25) is 5.15 Å². The highest BCUT2D eigenvalue weighted by Gasteiger charge is 2.13. The van der Waals surface area contributed by atoms with Gasteiger partial charge in [0, 0.05) is 23.3 Å². The fraction of sp³-hybridized carbons (Fsp3) is 0.308. The minimum Gasteiger partial charge on any atom is -0.330 e. The highest BCUT2D eigenvalue weighted by molar-refractivity contribution is 7.98. The first kappa shape index (κ1) is 13.5. The first-order chi connectivity index (χ1) is 8.72. The molecule has 0 aliphatic rings. The summed E-state index contributed by atoms with van der Waals surface area (Å²) in [5.74, 6) is 0.819. The van der Waals surface area contributed by atoms with Gasteiger partial charge in [-0.1, -0.05) is 29.8 Å². The van der Waals surface area contributed by atoms with Gasteiger partial charge in [0.15, 0.2) is 0 Å². The Morgan fingerprint density at radius 2 is 2.06 bits per heavy atom. The Hall–Kier alpha value is -0.970. The number of halogens is 1. The van der Waals surface area contributed by atoms with E-state index < -0.39 is 0 Å². The van der Waals surface area contributed by atoms with Crippen molar-refractivity contribution in [3.8, 4) is 0 Å². The smallest absolute Gasteiger partial charge is 0.130 e. The maximum absolute atomic E-state index is 6.21. The zero-order valence-electron chi connectivity index (χ0n) is 10.3. The third-order valence-electron chi connectivity index (χ3n) is 2.67. The van der Waals surface area contributed by atoms with E-state index in [9.17, 15) is 0 Å². The lowest BCUT2D eigenvalue weighted by atomic mass is 10.2. The van der Waals surface area contributed by atoms with Crippen molar-refractivity contribution in [3.63, 3.8) is 0 Å². The second-order valence-electron chi connectivity index (χ2n) is 3.98. The number of nitrogens with two attached hydrogens (primary N) is 1. The van der Waals surface area contributed by atoms with Crippen LogP contribution < -0.4 is 5.73 Å². The molecule has 2 aromatic rings. The molecule has 5 heteroatoms. The average molecular weight is 282 g/mol. The maximum Gasteiger partial charge on any atom is 0.130 e. The van der Waals surface area contributed by atoms with Crippen molar-refractivity contribution in [1.29, 1.82) is 0 Å². The molecule has 2 rings (SSSR count). The summed E-state index contributed by atoms with van der Waals surface area (Å²) in [5, 5.41) is 5.15. The summed E-state index contributed by atoms with van der Waals surface area (Å²) in [6.45, 7) is 0.592. The Morgan fingerprint density at radius 1 is 1.33 bits per heavy atom. The molecule has 0 spiro atoms. The van der Waals surface area contributed by atoms with Crippen molar-refractivity contribution in [1.82, 2.24) is 9.78 Å². The van der Waals surface area contributed by atoms with Crippen molar-refractivity contribution in [3.05, 3.63) is 46.7 Å². The molecule has 0 aliphatic heterocycles. The van der Waals surface area contributed by atoms with Crippen LogP contribution in [0.15, 0.2) is 35.2 Å². The number of hydrogen-bond acceptors (Lipinski definition) is 3. The summed E-state index contributed by atoms with van der Waals surface area (Å²) in [6.07, 6.45) is 0.775. The molecule has 0 saturated carbocycles. The fourth-order valence-corrected chi connectivity index (χ4v) is 2.90. The molecular weight excluding hydrogens is 266 g/mol. The molecule has 1 aromatic carbocycles. The zero-order chi connectivity index (χ0) is 13.0. The van der Waals surface area contributed by atoms with Crippen molar-refractivity contribution in [2.45, 2.75) is 17.1 Å². The minimum absolute atomic E-state index is 0.592. The van der Waals surface area contributed by atoms with Crippen molar-refractivity contribution in [2.24, 2.45) is 12.8 Å². The topological polar surface area (TPSA) is 43.8 Å². The second kappa shape index (κ2) is 6.27. The minimum atomic E-state index is 0.592. The van der Waals surface area contributed by atoms with Gasteiger partial charge in [0.1, 0.15) is 5.15 Å². The van der Waals surface area contributed by atoms with Gasteiger partial charge in [-0.15, -0.1) is 11.8 Å². The van der Waals surface area contributed by atoms with E-state index in [1.165, 1.54) is 4.90 Å². The molecule has 96 valence electrons. The molecule has 0 bridgehead atoms. The monoisotopic (exact) mass is 281 g/mol. The van der Waals surface area contributed by atoms with Crippen LogP contribution in [0.1, 0.15) is 11.3 Å².